The van der Waals surface area contributed by atoms with Gasteiger partial charge in [0, 0.05) is 12.7 Å². The molecule has 1 aromatic rings. The molecule has 0 spiro atoms. The minimum Gasteiger partial charge on any atom is -0.493 e. The maximum atomic E-state index is 5.25. The Labute approximate surface area is 98.2 Å². The van der Waals surface area contributed by atoms with Gasteiger partial charge in [0.15, 0.2) is 11.6 Å². The van der Waals surface area contributed by atoms with E-state index in [0.29, 0.717) is 0 Å². The van der Waals surface area contributed by atoms with Gasteiger partial charge in [0.25, 0.3) is 0 Å². The van der Waals surface area contributed by atoms with Crippen LogP contribution in [0.1, 0.15) is 32.3 Å². The van der Waals surface area contributed by atoms with Crippen molar-refractivity contribution in [2.24, 2.45) is 5.92 Å². The smallest absolute Gasteiger partial charge is 0.168 e. The number of aromatic nitrogens is 1. The zero-order valence-electron chi connectivity index (χ0n) is 10.7. The third kappa shape index (κ3) is 3.72. The second-order valence-corrected chi connectivity index (χ2v) is 3.89. The molecule has 3 nitrogen and oxygen atoms in total. The van der Waals surface area contributed by atoms with Crippen molar-refractivity contribution in [1.29, 1.82) is 0 Å². The molecule has 1 N–H and O–H groups in total. The fourth-order valence-electron chi connectivity index (χ4n) is 1.39. The molecule has 3 heteroatoms. The van der Waals surface area contributed by atoms with Crippen molar-refractivity contribution in [3.8, 4) is 5.75 Å². The second kappa shape index (κ2) is 6.36. The first-order valence-corrected chi connectivity index (χ1v) is 6.04. The molecule has 0 atom stereocenters. The van der Waals surface area contributed by atoms with Gasteiger partial charge >= 0.3 is 0 Å². The van der Waals surface area contributed by atoms with Crippen molar-refractivity contribution in [2.45, 2.75) is 33.6 Å². The van der Waals surface area contributed by atoms with Crippen LogP contribution in [0.2, 0.25) is 0 Å². The Kier molecular flexibility index (Phi) is 5.09. The van der Waals surface area contributed by atoms with Gasteiger partial charge < -0.3 is 10.1 Å². The lowest BCUT2D eigenvalue weighted by Gasteiger charge is -2.09. The summed E-state index contributed by atoms with van der Waals surface area (Å²) in [4.78, 5) is 4.31. The van der Waals surface area contributed by atoms with Gasteiger partial charge in [0.2, 0.25) is 0 Å². The maximum absolute atomic E-state index is 5.25. The quantitative estimate of drug-likeness (QED) is 0.849. The lowest BCUT2D eigenvalue weighted by molar-refractivity contribution is 0.414. The molecule has 1 saturated carbocycles. The zero-order chi connectivity index (χ0) is 12.0. The molecule has 16 heavy (non-hydrogen) atoms. The highest BCUT2D eigenvalue weighted by Crippen LogP contribution is 2.30. The molecule has 0 saturated heterocycles. The molecule has 0 amide bonds. The van der Waals surface area contributed by atoms with Gasteiger partial charge in [-0.1, -0.05) is 13.8 Å². The summed E-state index contributed by atoms with van der Waals surface area (Å²) in [7, 11) is 1.68. The van der Waals surface area contributed by atoms with E-state index in [1.807, 2.05) is 33.0 Å². The van der Waals surface area contributed by atoms with Crippen molar-refractivity contribution in [3.63, 3.8) is 0 Å². The fraction of sp³-hybridized carbons (Fsp3) is 0.615. The van der Waals surface area contributed by atoms with Gasteiger partial charge in [-0.25, -0.2) is 4.98 Å². The maximum Gasteiger partial charge on any atom is 0.168 e. The third-order valence-corrected chi connectivity index (χ3v) is 2.46. The molecule has 1 aromatic heterocycles. The number of hydrogen-bond donors (Lipinski definition) is 1. The first-order valence-electron chi connectivity index (χ1n) is 6.04. The van der Waals surface area contributed by atoms with Crippen LogP contribution in [0.15, 0.2) is 12.3 Å². The van der Waals surface area contributed by atoms with E-state index < -0.39 is 0 Å². The Morgan fingerprint density at radius 2 is 2.12 bits per heavy atom. The molecule has 1 fully saturated rings. The van der Waals surface area contributed by atoms with E-state index in [1.54, 1.807) is 7.11 Å². The van der Waals surface area contributed by atoms with E-state index in [9.17, 15) is 0 Å². The molecule has 1 heterocycles. The minimum absolute atomic E-state index is 0.839. The predicted molar refractivity (Wildman–Crippen MR) is 68.1 cm³/mol. The molecule has 0 aromatic carbocycles. The van der Waals surface area contributed by atoms with E-state index in [1.165, 1.54) is 12.8 Å². The van der Waals surface area contributed by atoms with Crippen LogP contribution in [0.4, 0.5) is 5.82 Å². The van der Waals surface area contributed by atoms with Crippen molar-refractivity contribution in [2.75, 3.05) is 19.0 Å². The number of anilines is 1. The van der Waals surface area contributed by atoms with Crippen molar-refractivity contribution >= 4 is 5.82 Å². The SMILES string of the molecule is CC.COc1cc(C)cnc1NCC1CC1. The van der Waals surface area contributed by atoms with Crippen molar-refractivity contribution < 1.29 is 4.74 Å². The average Bonchev–Trinajstić information content (AvgIpc) is 3.14. The number of nitrogens with one attached hydrogen (secondary N) is 1. The lowest BCUT2D eigenvalue weighted by Crippen LogP contribution is -2.06. The fourth-order valence-corrected chi connectivity index (χ4v) is 1.39. The Bertz CT molecular complexity index is 322. The number of hydrogen-bond acceptors (Lipinski definition) is 3. The molecule has 0 aliphatic heterocycles. The van der Waals surface area contributed by atoms with E-state index >= 15 is 0 Å². The topological polar surface area (TPSA) is 34.1 Å². The zero-order valence-corrected chi connectivity index (χ0v) is 10.7. The number of rotatable bonds is 4. The van der Waals surface area contributed by atoms with Gasteiger partial charge in [0.05, 0.1) is 7.11 Å². The standard InChI is InChI=1S/C11H16N2O.C2H6/c1-8-5-10(14-2)11(12-6-8)13-7-9-3-4-9;1-2/h5-6,9H,3-4,7H2,1-2H3,(H,12,13);1-2H3. The predicted octanol–water partition coefficient (Wildman–Crippen LogP) is 3.25. The first kappa shape index (κ1) is 12.8. The summed E-state index contributed by atoms with van der Waals surface area (Å²) in [5, 5.41) is 3.32. The molecule has 0 bridgehead atoms. The Morgan fingerprint density at radius 3 is 2.69 bits per heavy atom. The summed E-state index contributed by atoms with van der Waals surface area (Å²) >= 11 is 0. The summed E-state index contributed by atoms with van der Waals surface area (Å²) in [6, 6.07) is 2.00. The van der Waals surface area contributed by atoms with E-state index in [-0.39, 0.29) is 0 Å². The van der Waals surface area contributed by atoms with E-state index in [4.69, 9.17) is 4.74 Å². The highest BCUT2D eigenvalue weighted by atomic mass is 16.5. The van der Waals surface area contributed by atoms with Gasteiger partial charge in [-0.2, -0.15) is 0 Å². The third-order valence-electron chi connectivity index (χ3n) is 2.46. The molecule has 0 radical (unpaired) electrons. The van der Waals surface area contributed by atoms with E-state index in [0.717, 1.165) is 29.6 Å². The second-order valence-electron chi connectivity index (χ2n) is 3.89. The number of ether oxygens (including phenoxy) is 1. The van der Waals surface area contributed by atoms with Crippen molar-refractivity contribution in [3.05, 3.63) is 17.8 Å². The summed E-state index contributed by atoms with van der Waals surface area (Å²) in [5.74, 6) is 2.55. The summed E-state index contributed by atoms with van der Waals surface area (Å²) < 4.78 is 5.25. The van der Waals surface area contributed by atoms with Crippen LogP contribution in [-0.2, 0) is 0 Å². The molecule has 1 aliphatic rings. The van der Waals surface area contributed by atoms with Crippen molar-refractivity contribution in [1.82, 2.24) is 4.98 Å². The number of nitrogens with zero attached hydrogens (tertiary/aromatic N) is 1. The van der Waals surface area contributed by atoms with Crippen LogP contribution in [0.3, 0.4) is 0 Å². The van der Waals surface area contributed by atoms with Gasteiger partial charge in [0.1, 0.15) is 0 Å². The molecular formula is C13H22N2O. The average molecular weight is 222 g/mol. The minimum atomic E-state index is 0.839. The lowest BCUT2D eigenvalue weighted by atomic mass is 10.3. The van der Waals surface area contributed by atoms with Gasteiger partial charge in [-0.05, 0) is 37.3 Å². The largest absolute Gasteiger partial charge is 0.493 e. The Hall–Kier alpha value is -1.25. The highest BCUT2D eigenvalue weighted by molar-refractivity contribution is 5.51. The summed E-state index contributed by atoms with van der Waals surface area (Å²) in [5.41, 5.74) is 1.12. The normalized spacial score (nSPS) is 13.8. The Balaban J connectivity index is 0.000000606. The van der Waals surface area contributed by atoms with Crippen LogP contribution in [0.5, 0.6) is 5.75 Å². The van der Waals surface area contributed by atoms with Crippen LogP contribution in [-0.4, -0.2) is 18.6 Å². The Morgan fingerprint density at radius 1 is 1.44 bits per heavy atom. The van der Waals surface area contributed by atoms with Crippen LogP contribution >= 0.6 is 0 Å². The van der Waals surface area contributed by atoms with E-state index in [2.05, 4.69) is 10.3 Å². The summed E-state index contributed by atoms with van der Waals surface area (Å²) in [6.07, 6.45) is 4.56. The highest BCUT2D eigenvalue weighted by Gasteiger charge is 2.21. The molecule has 1 aliphatic carbocycles. The number of aryl methyl sites for hydroxylation is 1. The van der Waals surface area contributed by atoms with Crippen LogP contribution < -0.4 is 10.1 Å². The van der Waals surface area contributed by atoms with Crippen LogP contribution in [0.25, 0.3) is 0 Å². The molecule has 0 unspecified atom stereocenters. The number of methoxy groups -OCH3 is 1. The molecule has 90 valence electrons. The molecular weight excluding hydrogens is 200 g/mol. The van der Waals surface area contributed by atoms with Gasteiger partial charge in [-0.15, -0.1) is 0 Å². The molecule has 2 rings (SSSR count). The number of pyridine rings is 1. The monoisotopic (exact) mass is 222 g/mol. The van der Waals surface area contributed by atoms with Gasteiger partial charge in [-0.3, -0.25) is 0 Å². The summed E-state index contributed by atoms with van der Waals surface area (Å²) in [6.45, 7) is 7.03. The first-order chi connectivity index (χ1) is 7.79. The van der Waals surface area contributed by atoms with Crippen LogP contribution in [0, 0.1) is 12.8 Å².